The average molecular weight is 232 g/mol. The van der Waals surface area contributed by atoms with E-state index < -0.39 is 0 Å². The lowest BCUT2D eigenvalue weighted by molar-refractivity contribution is 0.133. The zero-order valence-corrected chi connectivity index (χ0v) is 11.1. The van der Waals surface area contributed by atoms with Crippen LogP contribution in [-0.2, 0) is 0 Å². The fraction of sp³-hybridized carbons (Fsp3) is 0.600. The van der Waals surface area contributed by atoms with Crippen molar-refractivity contribution in [3.8, 4) is 0 Å². The zero-order valence-electron chi connectivity index (χ0n) is 11.1. The summed E-state index contributed by atoms with van der Waals surface area (Å²) in [6.07, 6.45) is 0. The van der Waals surface area contributed by atoms with Crippen LogP contribution < -0.4 is 0 Å². The van der Waals surface area contributed by atoms with E-state index in [0.717, 1.165) is 0 Å². The molecule has 1 heterocycles. The molecule has 0 N–H and O–H groups in total. The Morgan fingerprint density at radius 3 is 2.18 bits per heavy atom. The molecule has 0 saturated carbocycles. The molecule has 1 atom stereocenters. The Kier molecular flexibility index (Phi) is 4.57. The van der Waals surface area contributed by atoms with Gasteiger partial charge in [-0.25, -0.2) is 0 Å². The van der Waals surface area contributed by atoms with Crippen molar-refractivity contribution in [2.24, 2.45) is 0 Å². The number of hydrogen-bond donors (Lipinski definition) is 0. The fourth-order valence-electron chi connectivity index (χ4n) is 2.56. The Labute approximate surface area is 105 Å². The third-order valence-electron chi connectivity index (χ3n) is 3.81. The van der Waals surface area contributed by atoms with Crippen LogP contribution in [0.3, 0.4) is 0 Å². The molecule has 1 aliphatic rings. The van der Waals surface area contributed by atoms with E-state index in [9.17, 15) is 0 Å². The first-order chi connectivity index (χ1) is 8.29. The summed E-state index contributed by atoms with van der Waals surface area (Å²) in [5.41, 5.74) is 1.46. The predicted molar refractivity (Wildman–Crippen MR) is 73.4 cm³/mol. The second kappa shape index (κ2) is 6.18. The highest BCUT2D eigenvalue weighted by atomic mass is 15.3. The van der Waals surface area contributed by atoms with Crippen LogP contribution in [0.15, 0.2) is 30.3 Å². The molecular weight excluding hydrogens is 208 g/mol. The maximum absolute atomic E-state index is 2.60. The molecule has 0 aliphatic carbocycles. The van der Waals surface area contributed by atoms with Gasteiger partial charge in [0.2, 0.25) is 0 Å². The highest BCUT2D eigenvalue weighted by Crippen LogP contribution is 2.16. The van der Waals surface area contributed by atoms with Crippen LogP contribution in [0, 0.1) is 0 Å². The second-order valence-electron chi connectivity index (χ2n) is 5.05. The molecule has 2 rings (SSSR count). The van der Waals surface area contributed by atoms with Crippen LogP contribution in [-0.4, -0.2) is 49.1 Å². The first-order valence-corrected chi connectivity index (χ1v) is 6.79. The molecule has 0 bridgehead atoms. The van der Waals surface area contributed by atoms with E-state index in [1.165, 1.54) is 44.8 Å². The Bertz CT molecular complexity index is 315. The number of hydrogen-bond acceptors (Lipinski definition) is 2. The first-order valence-electron chi connectivity index (χ1n) is 6.79. The number of rotatable bonds is 4. The fourth-order valence-corrected chi connectivity index (χ4v) is 2.56. The van der Waals surface area contributed by atoms with Gasteiger partial charge in [-0.15, -0.1) is 0 Å². The van der Waals surface area contributed by atoms with E-state index in [4.69, 9.17) is 0 Å². The molecule has 0 spiro atoms. The molecule has 0 amide bonds. The van der Waals surface area contributed by atoms with Gasteiger partial charge in [-0.3, -0.25) is 0 Å². The monoisotopic (exact) mass is 232 g/mol. The van der Waals surface area contributed by atoms with Gasteiger partial charge in [-0.05, 0) is 18.0 Å². The average Bonchev–Trinajstić information content (AvgIpc) is 2.40. The van der Waals surface area contributed by atoms with Crippen LogP contribution in [0.2, 0.25) is 0 Å². The smallest absolute Gasteiger partial charge is 0.0110 e. The molecule has 2 heteroatoms. The van der Waals surface area contributed by atoms with Crippen LogP contribution >= 0.6 is 0 Å². The predicted octanol–water partition coefficient (Wildman–Crippen LogP) is 2.43. The van der Waals surface area contributed by atoms with Crippen molar-refractivity contribution in [2.45, 2.75) is 19.8 Å². The van der Waals surface area contributed by atoms with E-state index in [-0.39, 0.29) is 0 Å². The van der Waals surface area contributed by atoms with Crippen molar-refractivity contribution in [3.05, 3.63) is 35.9 Å². The third-order valence-corrected chi connectivity index (χ3v) is 3.81. The van der Waals surface area contributed by atoms with Gasteiger partial charge in [0.25, 0.3) is 0 Å². The van der Waals surface area contributed by atoms with Crippen molar-refractivity contribution in [2.75, 3.05) is 39.3 Å². The molecule has 2 nitrogen and oxygen atoms in total. The Morgan fingerprint density at radius 1 is 1.00 bits per heavy atom. The second-order valence-corrected chi connectivity index (χ2v) is 5.05. The Balaban J connectivity index is 1.82. The van der Waals surface area contributed by atoms with Crippen molar-refractivity contribution in [3.63, 3.8) is 0 Å². The van der Waals surface area contributed by atoms with Gasteiger partial charge < -0.3 is 9.80 Å². The van der Waals surface area contributed by atoms with Gasteiger partial charge >= 0.3 is 0 Å². The molecule has 1 aliphatic heterocycles. The molecule has 0 aromatic heterocycles. The number of benzene rings is 1. The molecule has 1 saturated heterocycles. The summed E-state index contributed by atoms with van der Waals surface area (Å²) in [5.74, 6) is 0.643. The Hall–Kier alpha value is -0.860. The van der Waals surface area contributed by atoms with E-state index in [0.29, 0.717) is 5.92 Å². The maximum Gasteiger partial charge on any atom is 0.0110 e. The lowest BCUT2D eigenvalue weighted by Crippen LogP contribution is -2.47. The van der Waals surface area contributed by atoms with Gasteiger partial charge in [-0.1, -0.05) is 44.2 Å². The minimum atomic E-state index is 0.643. The van der Waals surface area contributed by atoms with Crippen LogP contribution in [0.4, 0.5) is 0 Å². The van der Waals surface area contributed by atoms with Gasteiger partial charge in [-0.2, -0.15) is 0 Å². The van der Waals surface area contributed by atoms with Gasteiger partial charge in [0.15, 0.2) is 0 Å². The standard InChI is InChI=1S/C15H24N2/c1-3-16-9-11-17(12-10-16)13-14(2)15-7-5-4-6-8-15/h4-8,14H,3,9-13H2,1-2H3/t14-/m0/s1. The van der Waals surface area contributed by atoms with Gasteiger partial charge in [0.1, 0.15) is 0 Å². The molecule has 17 heavy (non-hydrogen) atoms. The van der Waals surface area contributed by atoms with Crippen LogP contribution in [0.1, 0.15) is 25.3 Å². The largest absolute Gasteiger partial charge is 0.301 e. The molecule has 1 fully saturated rings. The quantitative estimate of drug-likeness (QED) is 0.786. The van der Waals surface area contributed by atoms with Gasteiger partial charge in [0.05, 0.1) is 0 Å². The van der Waals surface area contributed by atoms with E-state index in [1.807, 2.05) is 0 Å². The van der Waals surface area contributed by atoms with Crippen molar-refractivity contribution in [1.29, 1.82) is 0 Å². The molecule has 0 unspecified atom stereocenters. The molecule has 94 valence electrons. The van der Waals surface area contributed by atoms with E-state index in [2.05, 4.69) is 54.0 Å². The summed E-state index contributed by atoms with van der Waals surface area (Å²) in [7, 11) is 0. The number of nitrogens with zero attached hydrogens (tertiary/aromatic N) is 2. The summed E-state index contributed by atoms with van der Waals surface area (Å²) >= 11 is 0. The molecular formula is C15H24N2. The molecule has 1 aromatic rings. The first kappa shape index (κ1) is 12.6. The van der Waals surface area contributed by atoms with Crippen molar-refractivity contribution < 1.29 is 0 Å². The van der Waals surface area contributed by atoms with Gasteiger partial charge in [0, 0.05) is 32.7 Å². The SMILES string of the molecule is CCN1CCN(C[C@H](C)c2ccccc2)CC1. The third kappa shape index (κ3) is 3.55. The van der Waals surface area contributed by atoms with Crippen molar-refractivity contribution in [1.82, 2.24) is 9.80 Å². The lowest BCUT2D eigenvalue weighted by atomic mass is 10.0. The topological polar surface area (TPSA) is 6.48 Å². The summed E-state index contributed by atoms with van der Waals surface area (Å²) in [6, 6.07) is 10.9. The van der Waals surface area contributed by atoms with Crippen LogP contribution in [0.5, 0.6) is 0 Å². The van der Waals surface area contributed by atoms with E-state index in [1.54, 1.807) is 0 Å². The summed E-state index contributed by atoms with van der Waals surface area (Å²) in [6.45, 7) is 11.9. The summed E-state index contributed by atoms with van der Waals surface area (Å²) in [4.78, 5) is 5.13. The zero-order chi connectivity index (χ0) is 12.1. The summed E-state index contributed by atoms with van der Waals surface area (Å²) in [5, 5.41) is 0. The minimum absolute atomic E-state index is 0.643. The molecule has 0 radical (unpaired) electrons. The van der Waals surface area contributed by atoms with E-state index >= 15 is 0 Å². The normalized spacial score (nSPS) is 20.4. The number of likely N-dealkylation sites (N-methyl/N-ethyl adjacent to an activating group) is 1. The summed E-state index contributed by atoms with van der Waals surface area (Å²) < 4.78 is 0. The van der Waals surface area contributed by atoms with Crippen molar-refractivity contribution >= 4 is 0 Å². The highest BCUT2D eigenvalue weighted by Gasteiger charge is 2.17. The minimum Gasteiger partial charge on any atom is -0.301 e. The van der Waals surface area contributed by atoms with Crippen LogP contribution in [0.25, 0.3) is 0 Å². The number of piperazine rings is 1. The lowest BCUT2D eigenvalue weighted by Gasteiger charge is -2.35. The highest BCUT2D eigenvalue weighted by molar-refractivity contribution is 5.19. The Morgan fingerprint density at radius 2 is 1.59 bits per heavy atom. The molecule has 1 aromatic carbocycles. The maximum atomic E-state index is 2.60.